The summed E-state index contributed by atoms with van der Waals surface area (Å²) in [6.45, 7) is 3.11. The van der Waals surface area contributed by atoms with Crippen molar-refractivity contribution in [1.82, 2.24) is 5.32 Å². The molecule has 0 heterocycles. The average molecular weight is 233 g/mol. The molecule has 2 heteroatoms. The summed E-state index contributed by atoms with van der Waals surface area (Å²) < 4.78 is 5.72. The third kappa shape index (κ3) is 4.39. The Bertz CT molecular complexity index is 329. The number of ether oxygens (including phenoxy) is 1. The van der Waals surface area contributed by atoms with Gasteiger partial charge in [-0.1, -0.05) is 12.1 Å². The van der Waals surface area contributed by atoms with E-state index in [1.807, 2.05) is 7.05 Å². The molecule has 1 aliphatic rings. The molecule has 1 unspecified atom stereocenters. The maximum absolute atomic E-state index is 5.72. The van der Waals surface area contributed by atoms with Crippen LogP contribution in [0.25, 0.3) is 0 Å². The molecule has 2 nitrogen and oxygen atoms in total. The monoisotopic (exact) mass is 233 g/mol. The second-order valence-electron chi connectivity index (χ2n) is 5.13. The first kappa shape index (κ1) is 12.4. The van der Waals surface area contributed by atoms with E-state index in [9.17, 15) is 0 Å². The molecule has 2 rings (SSSR count). The van der Waals surface area contributed by atoms with Crippen molar-refractivity contribution < 1.29 is 4.74 Å². The SMILES string of the molecule is CNC(C)CCc1ccc(OCC2CC2)cc1. The van der Waals surface area contributed by atoms with E-state index in [1.165, 1.54) is 24.8 Å². The number of rotatable bonds is 7. The molecule has 0 bridgehead atoms. The van der Waals surface area contributed by atoms with Gasteiger partial charge in [0.1, 0.15) is 5.75 Å². The van der Waals surface area contributed by atoms with Crippen LogP contribution in [0.1, 0.15) is 31.7 Å². The molecule has 1 saturated carbocycles. The van der Waals surface area contributed by atoms with Gasteiger partial charge in [0.25, 0.3) is 0 Å². The van der Waals surface area contributed by atoms with Gasteiger partial charge in [-0.2, -0.15) is 0 Å². The predicted molar refractivity (Wildman–Crippen MR) is 71.5 cm³/mol. The van der Waals surface area contributed by atoms with E-state index in [4.69, 9.17) is 4.74 Å². The maximum Gasteiger partial charge on any atom is 0.119 e. The topological polar surface area (TPSA) is 21.3 Å². The summed E-state index contributed by atoms with van der Waals surface area (Å²) in [6.07, 6.45) is 5.00. The molecule has 0 saturated heterocycles. The van der Waals surface area contributed by atoms with E-state index in [0.29, 0.717) is 6.04 Å². The summed E-state index contributed by atoms with van der Waals surface area (Å²) in [5.74, 6) is 1.84. The van der Waals surface area contributed by atoms with E-state index in [0.717, 1.165) is 24.7 Å². The van der Waals surface area contributed by atoms with Gasteiger partial charge >= 0.3 is 0 Å². The fraction of sp³-hybridized carbons (Fsp3) is 0.600. The maximum atomic E-state index is 5.72. The quantitative estimate of drug-likeness (QED) is 0.781. The highest BCUT2D eigenvalue weighted by atomic mass is 16.5. The van der Waals surface area contributed by atoms with Crippen LogP contribution in [-0.2, 0) is 6.42 Å². The smallest absolute Gasteiger partial charge is 0.119 e. The van der Waals surface area contributed by atoms with Crippen LogP contribution >= 0.6 is 0 Å². The summed E-state index contributed by atoms with van der Waals surface area (Å²) >= 11 is 0. The summed E-state index contributed by atoms with van der Waals surface area (Å²) in [4.78, 5) is 0. The van der Waals surface area contributed by atoms with E-state index in [1.54, 1.807) is 0 Å². The lowest BCUT2D eigenvalue weighted by Crippen LogP contribution is -2.21. The number of hydrogen-bond acceptors (Lipinski definition) is 2. The fourth-order valence-electron chi connectivity index (χ4n) is 1.78. The Kier molecular flexibility index (Phi) is 4.43. The van der Waals surface area contributed by atoms with Crippen molar-refractivity contribution in [2.75, 3.05) is 13.7 Å². The second kappa shape index (κ2) is 6.06. The Hall–Kier alpha value is -1.02. The van der Waals surface area contributed by atoms with Crippen molar-refractivity contribution in [1.29, 1.82) is 0 Å². The van der Waals surface area contributed by atoms with Crippen molar-refractivity contribution in [3.05, 3.63) is 29.8 Å². The molecule has 0 aliphatic heterocycles. The fourth-order valence-corrected chi connectivity index (χ4v) is 1.78. The lowest BCUT2D eigenvalue weighted by Gasteiger charge is -2.10. The van der Waals surface area contributed by atoms with Crippen LogP contribution in [0.15, 0.2) is 24.3 Å². The van der Waals surface area contributed by atoms with Crippen LogP contribution in [0.4, 0.5) is 0 Å². The molecule has 0 radical (unpaired) electrons. The standard InChI is InChI=1S/C15H23NO/c1-12(16-2)3-4-13-7-9-15(10-8-13)17-11-14-5-6-14/h7-10,12,14,16H,3-6,11H2,1-2H3. The molecule has 94 valence electrons. The van der Waals surface area contributed by atoms with Crippen LogP contribution in [0.3, 0.4) is 0 Å². The highest BCUT2D eigenvalue weighted by molar-refractivity contribution is 5.27. The molecule has 0 spiro atoms. The Morgan fingerprint density at radius 1 is 1.29 bits per heavy atom. The minimum atomic E-state index is 0.584. The molecular formula is C15H23NO. The number of nitrogens with one attached hydrogen (secondary N) is 1. The molecule has 17 heavy (non-hydrogen) atoms. The molecule has 0 amide bonds. The summed E-state index contributed by atoms with van der Waals surface area (Å²) in [5, 5.41) is 3.26. The molecule has 1 aromatic carbocycles. The molecule has 1 atom stereocenters. The Morgan fingerprint density at radius 2 is 2.00 bits per heavy atom. The predicted octanol–water partition coefficient (Wildman–Crippen LogP) is 3.02. The molecule has 1 fully saturated rings. The van der Waals surface area contributed by atoms with Crippen molar-refractivity contribution in [3.8, 4) is 5.75 Å². The Balaban J connectivity index is 1.75. The Morgan fingerprint density at radius 3 is 2.59 bits per heavy atom. The van der Waals surface area contributed by atoms with E-state index < -0.39 is 0 Å². The average Bonchev–Trinajstić information content (AvgIpc) is 3.18. The second-order valence-corrected chi connectivity index (χ2v) is 5.13. The van der Waals surface area contributed by atoms with Crippen LogP contribution < -0.4 is 10.1 Å². The van der Waals surface area contributed by atoms with Crippen LogP contribution in [0.5, 0.6) is 5.75 Å². The number of hydrogen-bond donors (Lipinski definition) is 1. The van der Waals surface area contributed by atoms with Gasteiger partial charge in [-0.05, 0) is 63.3 Å². The Labute approximate surface area is 104 Å². The molecule has 1 aliphatic carbocycles. The highest BCUT2D eigenvalue weighted by Gasteiger charge is 2.21. The van der Waals surface area contributed by atoms with Gasteiger partial charge in [-0.3, -0.25) is 0 Å². The summed E-state index contributed by atoms with van der Waals surface area (Å²) in [7, 11) is 2.01. The van der Waals surface area contributed by atoms with Crippen molar-refractivity contribution in [2.45, 2.75) is 38.6 Å². The van der Waals surface area contributed by atoms with Gasteiger partial charge in [-0.25, -0.2) is 0 Å². The van der Waals surface area contributed by atoms with Gasteiger partial charge in [0.2, 0.25) is 0 Å². The molecule has 1 N–H and O–H groups in total. The molecule has 0 aromatic heterocycles. The first-order chi connectivity index (χ1) is 8.28. The zero-order chi connectivity index (χ0) is 12.1. The van der Waals surface area contributed by atoms with Crippen molar-refractivity contribution in [3.63, 3.8) is 0 Å². The summed E-state index contributed by atoms with van der Waals surface area (Å²) in [6, 6.07) is 9.15. The minimum absolute atomic E-state index is 0.584. The lowest BCUT2D eigenvalue weighted by atomic mass is 10.1. The summed E-state index contributed by atoms with van der Waals surface area (Å²) in [5.41, 5.74) is 1.39. The van der Waals surface area contributed by atoms with Gasteiger partial charge in [-0.15, -0.1) is 0 Å². The van der Waals surface area contributed by atoms with E-state index in [2.05, 4.69) is 36.5 Å². The zero-order valence-corrected chi connectivity index (χ0v) is 10.9. The van der Waals surface area contributed by atoms with Gasteiger partial charge in [0, 0.05) is 6.04 Å². The normalized spacial score (nSPS) is 16.8. The van der Waals surface area contributed by atoms with Crippen LogP contribution in [-0.4, -0.2) is 19.7 Å². The van der Waals surface area contributed by atoms with Crippen molar-refractivity contribution >= 4 is 0 Å². The van der Waals surface area contributed by atoms with E-state index in [-0.39, 0.29) is 0 Å². The van der Waals surface area contributed by atoms with Gasteiger partial charge < -0.3 is 10.1 Å². The highest BCUT2D eigenvalue weighted by Crippen LogP contribution is 2.29. The van der Waals surface area contributed by atoms with E-state index >= 15 is 0 Å². The first-order valence-corrected chi connectivity index (χ1v) is 6.67. The minimum Gasteiger partial charge on any atom is -0.493 e. The first-order valence-electron chi connectivity index (χ1n) is 6.67. The number of aryl methyl sites for hydroxylation is 1. The molecule has 1 aromatic rings. The lowest BCUT2D eigenvalue weighted by molar-refractivity contribution is 0.299. The van der Waals surface area contributed by atoms with Gasteiger partial charge in [0.05, 0.1) is 6.61 Å². The van der Waals surface area contributed by atoms with Crippen LogP contribution in [0, 0.1) is 5.92 Å². The third-order valence-electron chi connectivity index (χ3n) is 3.46. The van der Waals surface area contributed by atoms with Crippen LogP contribution in [0.2, 0.25) is 0 Å². The molecular weight excluding hydrogens is 210 g/mol. The van der Waals surface area contributed by atoms with Gasteiger partial charge in [0.15, 0.2) is 0 Å². The van der Waals surface area contributed by atoms with Crippen molar-refractivity contribution in [2.24, 2.45) is 5.92 Å². The number of benzene rings is 1. The zero-order valence-electron chi connectivity index (χ0n) is 10.9. The third-order valence-corrected chi connectivity index (χ3v) is 3.46. The largest absolute Gasteiger partial charge is 0.493 e.